The summed E-state index contributed by atoms with van der Waals surface area (Å²) in [6.07, 6.45) is 3.29. The van der Waals surface area contributed by atoms with Crippen LogP contribution in [0.3, 0.4) is 0 Å². The molecule has 2 heterocycles. The van der Waals surface area contributed by atoms with Crippen molar-refractivity contribution < 1.29 is 4.79 Å². The van der Waals surface area contributed by atoms with E-state index in [2.05, 4.69) is 31.1 Å². The number of carbonyl (C=O) groups is 1. The Labute approximate surface area is 193 Å². The highest BCUT2D eigenvalue weighted by atomic mass is 127. The van der Waals surface area contributed by atoms with Gasteiger partial charge in [0.2, 0.25) is 5.91 Å². The van der Waals surface area contributed by atoms with Gasteiger partial charge in [0.25, 0.3) is 0 Å². The van der Waals surface area contributed by atoms with Crippen LogP contribution in [0.1, 0.15) is 38.1 Å². The minimum absolute atomic E-state index is 0. The molecule has 1 amide bonds. The highest BCUT2D eigenvalue weighted by Gasteiger charge is 2.06. The van der Waals surface area contributed by atoms with Gasteiger partial charge in [-0.05, 0) is 43.2 Å². The molecule has 0 aliphatic heterocycles. The van der Waals surface area contributed by atoms with Crippen molar-refractivity contribution in [1.29, 1.82) is 0 Å². The van der Waals surface area contributed by atoms with Crippen LogP contribution in [0.15, 0.2) is 53.7 Å². The molecule has 0 unspecified atom stereocenters. The van der Waals surface area contributed by atoms with E-state index in [1.165, 1.54) is 0 Å². The Morgan fingerprint density at radius 2 is 1.97 bits per heavy atom. The number of benzene rings is 1. The van der Waals surface area contributed by atoms with Gasteiger partial charge in [-0.1, -0.05) is 25.1 Å². The number of guanidine groups is 1. The molecule has 0 aliphatic rings. The number of nitrogens with one attached hydrogen (secondary N) is 3. The first kappa shape index (κ1) is 23.6. The molecule has 3 N–H and O–H groups in total. The predicted octanol–water partition coefficient (Wildman–Crippen LogP) is 3.34. The van der Waals surface area contributed by atoms with Crippen LogP contribution in [0, 0.1) is 0 Å². The molecule has 3 rings (SSSR count). The maximum absolute atomic E-state index is 11.8. The Hall–Kier alpha value is -2.69. The maximum atomic E-state index is 11.8. The van der Waals surface area contributed by atoms with Crippen LogP contribution in [0.4, 0.5) is 5.69 Å². The van der Waals surface area contributed by atoms with Crippen molar-refractivity contribution >= 4 is 47.2 Å². The summed E-state index contributed by atoms with van der Waals surface area (Å²) >= 11 is 0. The number of hydrogen-bond donors (Lipinski definition) is 3. The third kappa shape index (κ3) is 6.68. The van der Waals surface area contributed by atoms with Crippen molar-refractivity contribution in [3.05, 3.63) is 60.0 Å². The lowest BCUT2D eigenvalue weighted by atomic mass is 10.2. The van der Waals surface area contributed by atoms with Gasteiger partial charge in [-0.15, -0.1) is 34.2 Å². The predicted molar refractivity (Wildman–Crippen MR) is 130 cm³/mol. The molecule has 0 bridgehead atoms. The number of pyridine rings is 1. The molecular weight excluding hydrogens is 493 g/mol. The van der Waals surface area contributed by atoms with Gasteiger partial charge in [-0.2, -0.15) is 0 Å². The molecule has 2 aromatic heterocycles. The second-order valence-electron chi connectivity index (χ2n) is 6.59. The molecule has 0 saturated heterocycles. The van der Waals surface area contributed by atoms with Crippen molar-refractivity contribution in [2.24, 2.45) is 4.99 Å². The topological polar surface area (TPSA) is 95.7 Å². The van der Waals surface area contributed by atoms with Crippen molar-refractivity contribution in [3.8, 4) is 0 Å². The van der Waals surface area contributed by atoms with E-state index < -0.39 is 0 Å². The first-order valence-electron chi connectivity index (χ1n) is 9.89. The highest BCUT2D eigenvalue weighted by molar-refractivity contribution is 14.0. The maximum Gasteiger partial charge on any atom is 0.224 e. The van der Waals surface area contributed by atoms with E-state index in [-0.39, 0.29) is 29.9 Å². The number of fused-ring (bicyclic) bond motifs is 1. The molecule has 0 saturated carbocycles. The molecule has 8 nitrogen and oxygen atoms in total. The average molecular weight is 521 g/mol. The zero-order valence-electron chi connectivity index (χ0n) is 17.3. The molecule has 0 radical (unpaired) electrons. The third-order valence-electron chi connectivity index (χ3n) is 4.25. The minimum Gasteiger partial charge on any atom is -0.357 e. The second kappa shape index (κ2) is 12.1. The molecule has 0 atom stereocenters. The highest BCUT2D eigenvalue weighted by Crippen LogP contribution is 2.12. The van der Waals surface area contributed by atoms with Gasteiger partial charge in [0, 0.05) is 24.8 Å². The fraction of sp³-hybridized carbons (Fsp3) is 0.333. The van der Waals surface area contributed by atoms with Gasteiger partial charge in [0.05, 0.1) is 13.1 Å². The number of anilines is 1. The summed E-state index contributed by atoms with van der Waals surface area (Å²) in [5.74, 6) is 1.54. The molecule has 0 spiro atoms. The number of hydrogen-bond acceptors (Lipinski definition) is 4. The van der Waals surface area contributed by atoms with E-state index in [0.29, 0.717) is 25.5 Å². The Balaban J connectivity index is 0.00000320. The Bertz CT molecular complexity index is 986. The monoisotopic (exact) mass is 521 g/mol. The molecule has 1 aromatic carbocycles. The van der Waals surface area contributed by atoms with Gasteiger partial charge in [0.1, 0.15) is 0 Å². The smallest absolute Gasteiger partial charge is 0.224 e. The lowest BCUT2D eigenvalue weighted by Crippen LogP contribution is -2.37. The standard InChI is InChI=1S/C21H27N7O.HI/c1-3-8-20(29)25-17-10-7-9-16(13-17)14-23-21(22-4-2)24-15-19-27-26-18-11-5-6-12-28(18)19;/h5-7,9-13H,3-4,8,14-15H2,1-2H3,(H,25,29)(H2,22,23,24);1H. The molecule has 0 fully saturated rings. The van der Waals surface area contributed by atoms with Crippen LogP contribution in [0.5, 0.6) is 0 Å². The molecule has 30 heavy (non-hydrogen) atoms. The summed E-state index contributed by atoms with van der Waals surface area (Å²) in [4.78, 5) is 16.4. The van der Waals surface area contributed by atoms with Gasteiger partial charge in [-0.3, -0.25) is 9.20 Å². The summed E-state index contributed by atoms with van der Waals surface area (Å²) in [6, 6.07) is 13.6. The zero-order chi connectivity index (χ0) is 20.5. The molecular formula is C21H28IN7O. The summed E-state index contributed by atoms with van der Waals surface area (Å²) < 4.78 is 1.94. The molecule has 9 heteroatoms. The minimum atomic E-state index is 0. The Kier molecular flexibility index (Phi) is 9.52. The van der Waals surface area contributed by atoms with Crippen LogP contribution in [0.25, 0.3) is 5.65 Å². The fourth-order valence-corrected chi connectivity index (χ4v) is 2.88. The van der Waals surface area contributed by atoms with Crippen LogP contribution in [-0.4, -0.2) is 33.0 Å². The van der Waals surface area contributed by atoms with Crippen molar-refractivity contribution in [1.82, 2.24) is 25.2 Å². The van der Waals surface area contributed by atoms with Crippen molar-refractivity contribution in [2.75, 3.05) is 11.9 Å². The second-order valence-corrected chi connectivity index (χ2v) is 6.59. The largest absolute Gasteiger partial charge is 0.357 e. The zero-order valence-corrected chi connectivity index (χ0v) is 19.6. The van der Waals surface area contributed by atoms with E-state index in [0.717, 1.165) is 35.7 Å². The van der Waals surface area contributed by atoms with Crippen molar-refractivity contribution in [2.45, 2.75) is 39.8 Å². The SMILES string of the molecule is CCCC(=O)Nc1cccc(CN=C(NCC)NCc2nnc3ccccn23)c1.I. The van der Waals surface area contributed by atoms with Gasteiger partial charge >= 0.3 is 0 Å². The number of aliphatic imine (C=N–C) groups is 1. The molecule has 3 aromatic rings. The van der Waals surface area contributed by atoms with E-state index in [9.17, 15) is 4.79 Å². The normalized spacial score (nSPS) is 11.1. The number of carbonyl (C=O) groups excluding carboxylic acids is 1. The quantitative estimate of drug-likeness (QED) is 0.240. The lowest BCUT2D eigenvalue weighted by Gasteiger charge is -2.11. The molecule has 160 valence electrons. The number of rotatable bonds is 8. The number of amides is 1. The Morgan fingerprint density at radius 1 is 1.10 bits per heavy atom. The van der Waals surface area contributed by atoms with Crippen LogP contribution in [0.2, 0.25) is 0 Å². The van der Waals surface area contributed by atoms with E-state index in [1.807, 2.05) is 66.9 Å². The van der Waals surface area contributed by atoms with E-state index >= 15 is 0 Å². The fourth-order valence-electron chi connectivity index (χ4n) is 2.88. The number of halogens is 1. The van der Waals surface area contributed by atoms with Gasteiger partial charge in [-0.25, -0.2) is 4.99 Å². The summed E-state index contributed by atoms with van der Waals surface area (Å²) in [5.41, 5.74) is 2.63. The van der Waals surface area contributed by atoms with Crippen LogP contribution >= 0.6 is 24.0 Å². The number of nitrogens with zero attached hydrogens (tertiary/aromatic N) is 4. The number of aromatic nitrogens is 3. The third-order valence-corrected chi connectivity index (χ3v) is 4.25. The van der Waals surface area contributed by atoms with Crippen LogP contribution < -0.4 is 16.0 Å². The first-order valence-corrected chi connectivity index (χ1v) is 9.89. The average Bonchev–Trinajstić information content (AvgIpc) is 3.14. The summed E-state index contributed by atoms with van der Waals surface area (Å²) in [6.45, 7) is 5.76. The Morgan fingerprint density at radius 3 is 2.77 bits per heavy atom. The van der Waals surface area contributed by atoms with E-state index in [4.69, 9.17) is 0 Å². The van der Waals surface area contributed by atoms with E-state index in [1.54, 1.807) is 0 Å². The molecule has 0 aliphatic carbocycles. The summed E-state index contributed by atoms with van der Waals surface area (Å²) in [5, 5.41) is 17.8. The van der Waals surface area contributed by atoms with Crippen molar-refractivity contribution in [3.63, 3.8) is 0 Å². The van der Waals surface area contributed by atoms with Gasteiger partial charge in [0.15, 0.2) is 17.4 Å². The summed E-state index contributed by atoms with van der Waals surface area (Å²) in [7, 11) is 0. The van der Waals surface area contributed by atoms with Crippen LogP contribution in [-0.2, 0) is 17.9 Å². The van der Waals surface area contributed by atoms with Gasteiger partial charge < -0.3 is 16.0 Å². The lowest BCUT2D eigenvalue weighted by molar-refractivity contribution is -0.116. The first-order chi connectivity index (χ1) is 14.2.